The largest absolute Gasteiger partial charge is 0.342 e. The topological polar surface area (TPSA) is 46.3 Å². The van der Waals surface area contributed by atoms with E-state index in [0.29, 0.717) is 11.8 Å². The Morgan fingerprint density at radius 3 is 2.75 bits per heavy atom. The van der Waals surface area contributed by atoms with E-state index in [9.17, 15) is 4.79 Å². The van der Waals surface area contributed by atoms with Gasteiger partial charge in [-0.2, -0.15) is 0 Å². The molecule has 3 nitrogen and oxygen atoms in total. The smallest absolute Gasteiger partial charge is 0.228 e. The van der Waals surface area contributed by atoms with Crippen molar-refractivity contribution in [2.45, 2.75) is 46.5 Å². The molecule has 0 saturated carbocycles. The van der Waals surface area contributed by atoms with E-state index in [2.05, 4.69) is 6.92 Å². The van der Waals surface area contributed by atoms with Crippen LogP contribution in [0.3, 0.4) is 0 Å². The molecule has 0 spiro atoms. The molecule has 0 aromatic heterocycles. The lowest BCUT2D eigenvalue weighted by Crippen LogP contribution is -2.46. The first-order valence-electron chi connectivity index (χ1n) is 6.50. The lowest BCUT2D eigenvalue weighted by Gasteiger charge is -2.37. The van der Waals surface area contributed by atoms with Crippen LogP contribution in [0.4, 0.5) is 0 Å². The standard InChI is InChI=1S/C13H26N2O/c1-4-13(2,3)12(16)15-9-5-6-11(10-15)7-8-14/h11H,4-10,14H2,1-3H3. The molecule has 1 fully saturated rings. The number of hydrogen-bond acceptors (Lipinski definition) is 2. The zero-order valence-electron chi connectivity index (χ0n) is 11.0. The molecule has 1 aliphatic rings. The molecule has 0 radical (unpaired) electrons. The van der Waals surface area contributed by atoms with Crippen molar-refractivity contribution < 1.29 is 4.79 Å². The van der Waals surface area contributed by atoms with Gasteiger partial charge in [0.15, 0.2) is 0 Å². The summed E-state index contributed by atoms with van der Waals surface area (Å²) < 4.78 is 0. The molecule has 0 aliphatic carbocycles. The molecular formula is C13H26N2O. The molecule has 2 N–H and O–H groups in total. The number of carbonyl (C=O) groups excluding carboxylic acids is 1. The first-order chi connectivity index (χ1) is 7.51. The third-order valence-electron chi connectivity index (χ3n) is 3.84. The normalized spacial score (nSPS) is 22.2. The molecule has 1 atom stereocenters. The lowest BCUT2D eigenvalue weighted by molar-refractivity contribution is -0.142. The van der Waals surface area contributed by atoms with Crippen LogP contribution in [0.5, 0.6) is 0 Å². The summed E-state index contributed by atoms with van der Waals surface area (Å²) in [6.07, 6.45) is 4.32. The molecule has 1 aliphatic heterocycles. The monoisotopic (exact) mass is 226 g/mol. The minimum absolute atomic E-state index is 0.204. The SMILES string of the molecule is CCC(C)(C)C(=O)N1CCCC(CCN)C1. The highest BCUT2D eigenvalue weighted by atomic mass is 16.2. The van der Waals surface area contributed by atoms with Crippen molar-refractivity contribution in [3.05, 3.63) is 0 Å². The van der Waals surface area contributed by atoms with E-state index in [1.54, 1.807) is 0 Å². The van der Waals surface area contributed by atoms with E-state index in [1.807, 2.05) is 18.7 Å². The highest BCUT2D eigenvalue weighted by Crippen LogP contribution is 2.27. The number of hydrogen-bond donors (Lipinski definition) is 1. The first kappa shape index (κ1) is 13.5. The quantitative estimate of drug-likeness (QED) is 0.797. The van der Waals surface area contributed by atoms with Crippen molar-refractivity contribution >= 4 is 5.91 Å². The van der Waals surface area contributed by atoms with Gasteiger partial charge in [0, 0.05) is 18.5 Å². The summed E-state index contributed by atoms with van der Waals surface area (Å²) in [5.74, 6) is 0.937. The number of rotatable bonds is 4. The first-order valence-corrected chi connectivity index (χ1v) is 6.50. The zero-order chi connectivity index (χ0) is 12.2. The maximum atomic E-state index is 12.3. The van der Waals surface area contributed by atoms with Gasteiger partial charge in [-0.3, -0.25) is 4.79 Å². The van der Waals surface area contributed by atoms with Gasteiger partial charge in [0.25, 0.3) is 0 Å². The van der Waals surface area contributed by atoms with E-state index in [1.165, 1.54) is 6.42 Å². The van der Waals surface area contributed by atoms with Gasteiger partial charge in [-0.05, 0) is 38.1 Å². The second-order valence-electron chi connectivity index (χ2n) is 5.57. The van der Waals surface area contributed by atoms with Crippen LogP contribution in [0.15, 0.2) is 0 Å². The molecule has 0 aromatic rings. The molecule has 1 unspecified atom stereocenters. The highest BCUT2D eigenvalue weighted by molar-refractivity contribution is 5.82. The van der Waals surface area contributed by atoms with Gasteiger partial charge >= 0.3 is 0 Å². The van der Waals surface area contributed by atoms with E-state index in [0.717, 1.165) is 38.9 Å². The van der Waals surface area contributed by atoms with Gasteiger partial charge in [-0.1, -0.05) is 20.8 Å². The summed E-state index contributed by atoms with van der Waals surface area (Å²) in [6, 6.07) is 0. The number of piperidine rings is 1. The highest BCUT2D eigenvalue weighted by Gasteiger charge is 2.32. The Kier molecular flexibility index (Phi) is 4.78. The third kappa shape index (κ3) is 3.21. The average Bonchev–Trinajstić information content (AvgIpc) is 2.29. The number of nitrogens with zero attached hydrogens (tertiary/aromatic N) is 1. The van der Waals surface area contributed by atoms with Crippen LogP contribution in [0.25, 0.3) is 0 Å². The van der Waals surface area contributed by atoms with Crippen LogP contribution in [-0.4, -0.2) is 30.4 Å². The van der Waals surface area contributed by atoms with Crippen LogP contribution in [0, 0.1) is 11.3 Å². The Balaban J connectivity index is 2.56. The minimum atomic E-state index is -0.204. The molecular weight excluding hydrogens is 200 g/mol. The minimum Gasteiger partial charge on any atom is -0.342 e. The summed E-state index contributed by atoms with van der Waals surface area (Å²) >= 11 is 0. The molecule has 1 heterocycles. The van der Waals surface area contributed by atoms with Crippen molar-refractivity contribution in [1.82, 2.24) is 4.90 Å². The predicted octanol–water partition coefficient (Wildman–Crippen LogP) is 2.01. The zero-order valence-corrected chi connectivity index (χ0v) is 11.0. The molecule has 1 rings (SSSR count). The van der Waals surface area contributed by atoms with Crippen molar-refractivity contribution in [1.29, 1.82) is 0 Å². The van der Waals surface area contributed by atoms with Crippen LogP contribution in [-0.2, 0) is 4.79 Å². The van der Waals surface area contributed by atoms with Gasteiger partial charge in [-0.25, -0.2) is 0 Å². The molecule has 1 amide bonds. The summed E-state index contributed by atoms with van der Waals surface area (Å²) in [5.41, 5.74) is 5.39. The van der Waals surface area contributed by atoms with Crippen LogP contribution < -0.4 is 5.73 Å². The van der Waals surface area contributed by atoms with Crippen LogP contribution in [0.2, 0.25) is 0 Å². The maximum absolute atomic E-state index is 12.3. The van der Waals surface area contributed by atoms with Crippen molar-refractivity contribution in [2.75, 3.05) is 19.6 Å². The summed E-state index contributed by atoms with van der Waals surface area (Å²) in [7, 11) is 0. The second-order valence-corrected chi connectivity index (χ2v) is 5.57. The fourth-order valence-corrected chi connectivity index (χ4v) is 2.30. The molecule has 0 bridgehead atoms. The number of amides is 1. The maximum Gasteiger partial charge on any atom is 0.228 e. The average molecular weight is 226 g/mol. The second kappa shape index (κ2) is 5.67. The van der Waals surface area contributed by atoms with E-state index in [-0.39, 0.29) is 5.41 Å². The molecule has 94 valence electrons. The van der Waals surface area contributed by atoms with Crippen molar-refractivity contribution in [3.63, 3.8) is 0 Å². The summed E-state index contributed by atoms with van der Waals surface area (Å²) in [6.45, 7) is 8.76. The Morgan fingerprint density at radius 1 is 1.50 bits per heavy atom. The van der Waals surface area contributed by atoms with Crippen molar-refractivity contribution in [3.8, 4) is 0 Å². The number of nitrogens with two attached hydrogens (primary N) is 1. The van der Waals surface area contributed by atoms with E-state index < -0.39 is 0 Å². The Labute approximate surface area is 99.4 Å². The molecule has 16 heavy (non-hydrogen) atoms. The third-order valence-corrected chi connectivity index (χ3v) is 3.84. The predicted molar refractivity (Wildman–Crippen MR) is 67.0 cm³/mol. The molecule has 1 saturated heterocycles. The van der Waals surface area contributed by atoms with Gasteiger partial charge < -0.3 is 10.6 Å². The Bertz CT molecular complexity index is 236. The summed E-state index contributed by atoms with van der Waals surface area (Å²) in [5, 5.41) is 0. The van der Waals surface area contributed by atoms with Crippen LogP contribution >= 0.6 is 0 Å². The van der Waals surface area contributed by atoms with Gasteiger partial charge in [0.1, 0.15) is 0 Å². The lowest BCUT2D eigenvalue weighted by atomic mass is 9.86. The Morgan fingerprint density at radius 2 is 2.19 bits per heavy atom. The fourth-order valence-electron chi connectivity index (χ4n) is 2.30. The van der Waals surface area contributed by atoms with Gasteiger partial charge in [0.2, 0.25) is 5.91 Å². The fraction of sp³-hybridized carbons (Fsp3) is 0.923. The molecule has 3 heteroatoms. The van der Waals surface area contributed by atoms with E-state index >= 15 is 0 Å². The van der Waals surface area contributed by atoms with Gasteiger partial charge in [0.05, 0.1) is 0 Å². The van der Waals surface area contributed by atoms with E-state index in [4.69, 9.17) is 5.73 Å². The molecule has 0 aromatic carbocycles. The Hall–Kier alpha value is -0.570. The van der Waals surface area contributed by atoms with Crippen LogP contribution in [0.1, 0.15) is 46.5 Å². The number of carbonyl (C=O) groups is 1. The summed E-state index contributed by atoms with van der Waals surface area (Å²) in [4.78, 5) is 14.3. The van der Waals surface area contributed by atoms with Crippen molar-refractivity contribution in [2.24, 2.45) is 17.1 Å². The number of likely N-dealkylation sites (tertiary alicyclic amines) is 1. The van der Waals surface area contributed by atoms with Gasteiger partial charge in [-0.15, -0.1) is 0 Å².